The van der Waals surface area contributed by atoms with Crippen LogP contribution in [0.2, 0.25) is 0 Å². The highest BCUT2D eigenvalue weighted by Crippen LogP contribution is 2.47. The second-order valence-electron chi connectivity index (χ2n) is 9.30. The van der Waals surface area contributed by atoms with Crippen molar-refractivity contribution in [3.05, 3.63) is 59.7 Å². The van der Waals surface area contributed by atoms with Crippen LogP contribution in [-0.2, 0) is 14.4 Å². The van der Waals surface area contributed by atoms with Crippen LogP contribution in [0.3, 0.4) is 0 Å². The maximum Gasteiger partial charge on any atom is 0.410 e. The fourth-order valence-electron chi connectivity index (χ4n) is 6.13. The largest absolute Gasteiger partial charge is 0.477 e. The summed E-state index contributed by atoms with van der Waals surface area (Å²) in [5.41, 5.74) is 4.27. The Balaban J connectivity index is 1.16. The monoisotopic (exact) mass is 432 g/mol. The second-order valence-corrected chi connectivity index (χ2v) is 9.30. The van der Waals surface area contributed by atoms with Gasteiger partial charge in [-0.25, -0.2) is 9.59 Å². The van der Waals surface area contributed by atoms with Crippen molar-refractivity contribution in [2.75, 3.05) is 6.61 Å². The molecule has 32 heavy (non-hydrogen) atoms. The van der Waals surface area contributed by atoms with E-state index >= 15 is 0 Å². The molecule has 2 atom stereocenters. The van der Waals surface area contributed by atoms with Crippen molar-refractivity contribution in [2.45, 2.75) is 55.7 Å². The summed E-state index contributed by atoms with van der Waals surface area (Å²) >= 11 is 0. The molecule has 2 aromatic carbocycles. The maximum absolute atomic E-state index is 13.2. The van der Waals surface area contributed by atoms with Gasteiger partial charge in [0.2, 0.25) is 0 Å². The molecule has 3 heterocycles. The van der Waals surface area contributed by atoms with Gasteiger partial charge in [-0.15, -0.1) is 0 Å². The van der Waals surface area contributed by atoms with E-state index in [-0.39, 0.29) is 29.8 Å². The molecular formula is C25H24N2O5. The summed E-state index contributed by atoms with van der Waals surface area (Å²) in [6, 6.07) is 16.6. The number of nitrogens with zero attached hydrogens (tertiary/aromatic N) is 2. The van der Waals surface area contributed by atoms with E-state index in [1.54, 1.807) is 0 Å². The lowest BCUT2D eigenvalue weighted by molar-refractivity contribution is -0.129. The van der Waals surface area contributed by atoms with E-state index in [1.165, 1.54) is 22.3 Å². The highest BCUT2D eigenvalue weighted by molar-refractivity contribution is 6.36. The molecule has 0 aromatic heterocycles. The number of rotatable bonds is 3. The molecule has 2 fully saturated rings. The summed E-state index contributed by atoms with van der Waals surface area (Å²) in [6.45, 7) is 0.302. The number of amides is 1. The number of fused-ring (bicyclic) bond motifs is 5. The van der Waals surface area contributed by atoms with Gasteiger partial charge in [-0.2, -0.15) is 0 Å². The Morgan fingerprint density at radius 1 is 1.03 bits per heavy atom. The fraction of sp³-hybridized carbons (Fsp3) is 0.400. The number of carbonyl (C=O) groups is 2. The first-order valence-electron chi connectivity index (χ1n) is 11.2. The van der Waals surface area contributed by atoms with Gasteiger partial charge in [0.15, 0.2) is 5.71 Å². The van der Waals surface area contributed by atoms with Crippen molar-refractivity contribution in [1.29, 1.82) is 0 Å². The first-order chi connectivity index (χ1) is 15.5. The molecule has 2 saturated heterocycles. The minimum absolute atomic E-state index is 0.00672. The molecule has 3 aliphatic heterocycles. The molecule has 6 rings (SSSR count). The third-order valence-electron chi connectivity index (χ3n) is 7.47. The summed E-state index contributed by atoms with van der Waals surface area (Å²) in [6.07, 6.45) is 2.95. The Morgan fingerprint density at radius 2 is 1.62 bits per heavy atom. The first kappa shape index (κ1) is 19.3. The summed E-state index contributed by atoms with van der Waals surface area (Å²) in [7, 11) is 0. The molecule has 2 aromatic rings. The molecule has 1 N–H and O–H groups in total. The van der Waals surface area contributed by atoms with Crippen molar-refractivity contribution in [3.8, 4) is 11.1 Å². The topological polar surface area (TPSA) is 88.4 Å². The Hall–Kier alpha value is -3.35. The van der Waals surface area contributed by atoms with Crippen LogP contribution in [0.4, 0.5) is 4.79 Å². The predicted octanol–water partition coefficient (Wildman–Crippen LogP) is 4.16. The number of benzene rings is 2. The van der Waals surface area contributed by atoms with Gasteiger partial charge in [0.1, 0.15) is 12.2 Å². The Morgan fingerprint density at radius 3 is 2.19 bits per heavy atom. The van der Waals surface area contributed by atoms with Crippen LogP contribution in [0.15, 0.2) is 53.7 Å². The van der Waals surface area contributed by atoms with Crippen molar-refractivity contribution in [2.24, 2.45) is 5.16 Å². The standard InChI is InChI=1S/C25H24N2O5/c28-23(29)22-13-25(32-26-22)11-15-9-10-16(12-25)27(15)24(30)31-14-21-19-7-3-1-5-17(19)18-6-2-4-8-20(18)21/h1-8,15-16,21H,9-14H2,(H,28,29). The lowest BCUT2D eigenvalue weighted by atomic mass is 9.82. The molecular weight excluding hydrogens is 408 g/mol. The third kappa shape index (κ3) is 2.91. The van der Waals surface area contributed by atoms with E-state index in [4.69, 9.17) is 9.57 Å². The van der Waals surface area contributed by atoms with E-state index in [0.717, 1.165) is 12.8 Å². The van der Waals surface area contributed by atoms with Gasteiger partial charge in [0, 0.05) is 37.3 Å². The molecule has 7 nitrogen and oxygen atoms in total. The summed E-state index contributed by atoms with van der Waals surface area (Å²) in [5, 5.41) is 13.0. The average Bonchev–Trinajstić information content (AvgIpc) is 3.43. The zero-order valence-electron chi connectivity index (χ0n) is 17.6. The molecule has 2 bridgehead atoms. The minimum atomic E-state index is -1.03. The van der Waals surface area contributed by atoms with E-state index in [2.05, 4.69) is 29.4 Å². The summed E-state index contributed by atoms with van der Waals surface area (Å²) in [5.74, 6) is -1.00. The lowest BCUT2D eigenvalue weighted by Crippen LogP contribution is -2.53. The van der Waals surface area contributed by atoms with Gasteiger partial charge in [-0.3, -0.25) is 0 Å². The number of piperidine rings is 1. The average molecular weight is 432 g/mol. The molecule has 2 unspecified atom stereocenters. The summed E-state index contributed by atoms with van der Waals surface area (Å²) < 4.78 is 5.89. The van der Waals surface area contributed by atoms with E-state index in [9.17, 15) is 14.7 Å². The van der Waals surface area contributed by atoms with Gasteiger partial charge in [-0.05, 0) is 35.1 Å². The number of hydrogen-bond donors (Lipinski definition) is 1. The number of ether oxygens (including phenoxy) is 1. The first-order valence-corrected chi connectivity index (χ1v) is 11.2. The fourth-order valence-corrected chi connectivity index (χ4v) is 6.13. The number of carboxylic acid groups (broad SMARTS) is 1. The van der Waals surface area contributed by atoms with Gasteiger partial charge < -0.3 is 19.6 Å². The van der Waals surface area contributed by atoms with E-state index in [0.29, 0.717) is 25.9 Å². The maximum atomic E-state index is 13.2. The van der Waals surface area contributed by atoms with Crippen molar-refractivity contribution < 1.29 is 24.3 Å². The highest BCUT2D eigenvalue weighted by atomic mass is 16.7. The molecule has 7 heteroatoms. The van der Waals surface area contributed by atoms with Crippen LogP contribution >= 0.6 is 0 Å². The molecule has 0 saturated carbocycles. The van der Waals surface area contributed by atoms with Crippen LogP contribution in [-0.4, -0.2) is 52.1 Å². The van der Waals surface area contributed by atoms with E-state index < -0.39 is 11.6 Å². The van der Waals surface area contributed by atoms with Gasteiger partial charge in [-0.1, -0.05) is 53.7 Å². The quantitative estimate of drug-likeness (QED) is 0.787. The van der Waals surface area contributed by atoms with Gasteiger partial charge in [0.05, 0.1) is 0 Å². The van der Waals surface area contributed by atoms with Gasteiger partial charge >= 0.3 is 12.1 Å². The number of hydrogen-bond acceptors (Lipinski definition) is 5. The SMILES string of the molecule is O=C(O)C1=NOC2(C1)CC1CCC(C2)N1C(=O)OCC1c2ccccc2-c2ccccc21. The normalized spacial score (nSPS) is 27.6. The van der Waals surface area contributed by atoms with Crippen LogP contribution in [0.1, 0.15) is 49.1 Å². The van der Waals surface area contributed by atoms with Gasteiger partial charge in [0.25, 0.3) is 0 Å². The van der Waals surface area contributed by atoms with Crippen LogP contribution < -0.4 is 0 Å². The van der Waals surface area contributed by atoms with Crippen LogP contribution in [0.25, 0.3) is 11.1 Å². The number of oxime groups is 1. The predicted molar refractivity (Wildman–Crippen MR) is 116 cm³/mol. The minimum Gasteiger partial charge on any atom is -0.477 e. The molecule has 164 valence electrons. The Kier molecular flexibility index (Phi) is 4.28. The third-order valence-corrected chi connectivity index (χ3v) is 7.47. The van der Waals surface area contributed by atoms with Crippen LogP contribution in [0.5, 0.6) is 0 Å². The van der Waals surface area contributed by atoms with E-state index in [1.807, 2.05) is 29.2 Å². The lowest BCUT2D eigenvalue weighted by Gasteiger charge is -2.42. The highest BCUT2D eigenvalue weighted by Gasteiger charge is 2.55. The number of carboxylic acids is 1. The molecule has 4 aliphatic rings. The van der Waals surface area contributed by atoms with Crippen LogP contribution in [0, 0.1) is 0 Å². The molecule has 0 radical (unpaired) electrons. The molecule has 1 aliphatic carbocycles. The summed E-state index contributed by atoms with van der Waals surface area (Å²) in [4.78, 5) is 31.9. The molecule has 1 amide bonds. The smallest absolute Gasteiger partial charge is 0.410 e. The zero-order chi connectivity index (χ0) is 21.9. The van der Waals surface area contributed by atoms with Crippen molar-refractivity contribution in [1.82, 2.24) is 4.90 Å². The van der Waals surface area contributed by atoms with Crippen molar-refractivity contribution in [3.63, 3.8) is 0 Å². The number of aliphatic carboxylic acids is 1. The Bertz CT molecular complexity index is 1080. The molecule has 1 spiro atoms. The van der Waals surface area contributed by atoms with Crippen molar-refractivity contribution >= 4 is 17.8 Å². The zero-order valence-corrected chi connectivity index (χ0v) is 17.6. The Labute approximate surface area is 185 Å². The second kappa shape index (κ2) is 7.08. The number of carbonyl (C=O) groups excluding carboxylic acids is 1.